The van der Waals surface area contributed by atoms with Gasteiger partial charge in [-0.25, -0.2) is 19.4 Å². The SMILES string of the molecule is CSc1nccc(C2C(c3ccc(F)cc3)C(=O)N3CC=CCN23)n1. The van der Waals surface area contributed by atoms with E-state index in [1.807, 2.05) is 23.4 Å². The topological polar surface area (TPSA) is 49.3 Å². The van der Waals surface area contributed by atoms with E-state index in [1.54, 1.807) is 23.3 Å². The second-order valence-corrected chi connectivity index (χ2v) is 6.73. The maximum absolute atomic E-state index is 13.3. The number of rotatable bonds is 3. The summed E-state index contributed by atoms with van der Waals surface area (Å²) in [5.74, 6) is -0.701. The quantitative estimate of drug-likeness (QED) is 0.481. The Labute approximate surface area is 149 Å². The van der Waals surface area contributed by atoms with Gasteiger partial charge in [0.05, 0.1) is 24.2 Å². The zero-order valence-corrected chi connectivity index (χ0v) is 14.5. The molecule has 1 amide bonds. The van der Waals surface area contributed by atoms with Crippen molar-refractivity contribution in [3.8, 4) is 0 Å². The van der Waals surface area contributed by atoms with E-state index in [1.165, 1.54) is 23.9 Å². The van der Waals surface area contributed by atoms with Crippen LogP contribution in [0, 0.1) is 5.82 Å². The molecule has 1 fully saturated rings. The Morgan fingerprint density at radius 3 is 2.68 bits per heavy atom. The molecule has 0 aliphatic carbocycles. The molecule has 25 heavy (non-hydrogen) atoms. The average Bonchev–Trinajstić information content (AvgIpc) is 2.95. The standard InChI is InChI=1S/C18H17FN4OS/c1-25-18-20-9-8-14(21-18)16-15(12-4-6-13(19)7-5-12)17(24)23-11-3-2-10-22(16)23/h2-9,15-16H,10-11H2,1H3. The van der Waals surface area contributed by atoms with Gasteiger partial charge in [-0.15, -0.1) is 0 Å². The van der Waals surface area contributed by atoms with Crippen LogP contribution in [0.4, 0.5) is 4.39 Å². The van der Waals surface area contributed by atoms with Gasteiger partial charge in [-0.1, -0.05) is 36.0 Å². The van der Waals surface area contributed by atoms with Crippen LogP contribution in [0.1, 0.15) is 23.2 Å². The molecule has 0 radical (unpaired) electrons. The van der Waals surface area contributed by atoms with E-state index in [4.69, 9.17) is 0 Å². The Morgan fingerprint density at radius 1 is 1.16 bits per heavy atom. The zero-order valence-electron chi connectivity index (χ0n) is 13.7. The predicted molar refractivity (Wildman–Crippen MR) is 93.3 cm³/mol. The van der Waals surface area contributed by atoms with Gasteiger partial charge in [-0.05, 0) is 30.0 Å². The van der Waals surface area contributed by atoms with E-state index in [0.29, 0.717) is 18.2 Å². The lowest BCUT2D eigenvalue weighted by Gasteiger charge is -2.33. The van der Waals surface area contributed by atoms with Crippen molar-refractivity contribution in [1.29, 1.82) is 0 Å². The van der Waals surface area contributed by atoms with Crippen molar-refractivity contribution in [2.45, 2.75) is 17.1 Å². The average molecular weight is 356 g/mol. The molecule has 1 aromatic carbocycles. The summed E-state index contributed by atoms with van der Waals surface area (Å²) < 4.78 is 13.3. The summed E-state index contributed by atoms with van der Waals surface area (Å²) in [4.78, 5) is 21.9. The summed E-state index contributed by atoms with van der Waals surface area (Å²) in [6, 6.07) is 7.81. The third kappa shape index (κ3) is 2.83. The number of hydrogen-bond donors (Lipinski definition) is 0. The Bertz CT molecular complexity index is 826. The van der Waals surface area contributed by atoms with Gasteiger partial charge in [0.2, 0.25) is 5.91 Å². The molecule has 2 aromatic rings. The van der Waals surface area contributed by atoms with Crippen LogP contribution in [0.5, 0.6) is 0 Å². The van der Waals surface area contributed by atoms with Gasteiger partial charge in [0.15, 0.2) is 5.16 Å². The number of hydrazine groups is 1. The molecule has 2 atom stereocenters. The zero-order chi connectivity index (χ0) is 17.4. The van der Waals surface area contributed by atoms with Gasteiger partial charge in [-0.3, -0.25) is 9.80 Å². The molecule has 3 heterocycles. The first-order chi connectivity index (χ1) is 12.2. The first kappa shape index (κ1) is 16.2. The molecule has 0 N–H and O–H groups in total. The van der Waals surface area contributed by atoms with Crippen LogP contribution in [-0.4, -0.2) is 45.2 Å². The third-order valence-electron chi connectivity index (χ3n) is 4.57. The first-order valence-electron chi connectivity index (χ1n) is 8.04. The van der Waals surface area contributed by atoms with Gasteiger partial charge in [0.25, 0.3) is 0 Å². The van der Waals surface area contributed by atoms with Crippen molar-refractivity contribution in [3.05, 3.63) is 65.8 Å². The molecule has 7 heteroatoms. The summed E-state index contributed by atoms with van der Waals surface area (Å²) in [6.45, 7) is 1.19. The van der Waals surface area contributed by atoms with E-state index >= 15 is 0 Å². The van der Waals surface area contributed by atoms with E-state index in [2.05, 4.69) is 16.0 Å². The van der Waals surface area contributed by atoms with Gasteiger partial charge in [0.1, 0.15) is 5.82 Å². The number of hydrogen-bond acceptors (Lipinski definition) is 5. The number of carbonyl (C=O) groups is 1. The molecule has 128 valence electrons. The number of benzene rings is 1. The highest BCUT2D eigenvalue weighted by Gasteiger charge is 2.48. The molecule has 2 aliphatic heterocycles. The monoisotopic (exact) mass is 356 g/mol. The number of amides is 1. The van der Waals surface area contributed by atoms with Crippen molar-refractivity contribution in [2.24, 2.45) is 0 Å². The smallest absolute Gasteiger partial charge is 0.246 e. The lowest BCUT2D eigenvalue weighted by Crippen LogP contribution is -2.42. The summed E-state index contributed by atoms with van der Waals surface area (Å²) >= 11 is 1.47. The van der Waals surface area contributed by atoms with E-state index in [0.717, 1.165) is 11.3 Å². The van der Waals surface area contributed by atoms with E-state index in [-0.39, 0.29) is 17.8 Å². The van der Waals surface area contributed by atoms with Crippen LogP contribution in [0.25, 0.3) is 0 Å². The largest absolute Gasteiger partial charge is 0.273 e. The Hall–Kier alpha value is -2.25. The van der Waals surface area contributed by atoms with Gasteiger partial charge < -0.3 is 0 Å². The molecule has 4 rings (SSSR count). The molecule has 0 spiro atoms. The maximum Gasteiger partial charge on any atom is 0.246 e. The fourth-order valence-corrected chi connectivity index (χ4v) is 3.81. The lowest BCUT2D eigenvalue weighted by molar-refractivity contribution is -0.138. The van der Waals surface area contributed by atoms with Crippen molar-refractivity contribution in [3.63, 3.8) is 0 Å². The molecule has 1 saturated heterocycles. The van der Waals surface area contributed by atoms with Gasteiger partial charge in [0, 0.05) is 12.7 Å². The molecule has 2 aliphatic rings. The van der Waals surface area contributed by atoms with Crippen molar-refractivity contribution in [2.75, 3.05) is 19.3 Å². The van der Waals surface area contributed by atoms with Crippen LogP contribution >= 0.6 is 11.8 Å². The van der Waals surface area contributed by atoms with Gasteiger partial charge in [-0.2, -0.15) is 0 Å². The number of nitrogens with zero attached hydrogens (tertiary/aromatic N) is 4. The summed E-state index contributed by atoms with van der Waals surface area (Å²) in [5.41, 5.74) is 1.61. The molecular weight excluding hydrogens is 339 g/mol. The molecule has 1 aromatic heterocycles. The fourth-order valence-electron chi connectivity index (χ4n) is 3.44. The second kappa shape index (κ2) is 6.57. The lowest BCUT2D eigenvalue weighted by atomic mass is 9.90. The first-order valence-corrected chi connectivity index (χ1v) is 9.27. The molecule has 0 bridgehead atoms. The number of fused-ring (bicyclic) bond motifs is 1. The van der Waals surface area contributed by atoms with Crippen molar-refractivity contribution >= 4 is 17.7 Å². The number of thioether (sulfide) groups is 1. The highest BCUT2D eigenvalue weighted by Crippen LogP contribution is 2.44. The van der Waals surface area contributed by atoms with Gasteiger partial charge >= 0.3 is 0 Å². The van der Waals surface area contributed by atoms with E-state index in [9.17, 15) is 9.18 Å². The molecule has 5 nitrogen and oxygen atoms in total. The minimum atomic E-state index is -0.412. The maximum atomic E-state index is 13.3. The normalized spacial score (nSPS) is 23.1. The minimum absolute atomic E-state index is 0.0188. The van der Waals surface area contributed by atoms with Crippen LogP contribution in [0.3, 0.4) is 0 Å². The predicted octanol–water partition coefficient (Wildman–Crippen LogP) is 2.79. The number of halogens is 1. The summed E-state index contributed by atoms with van der Waals surface area (Å²) in [7, 11) is 0. The van der Waals surface area contributed by atoms with Crippen LogP contribution in [0.2, 0.25) is 0 Å². The van der Waals surface area contributed by atoms with Crippen LogP contribution < -0.4 is 0 Å². The minimum Gasteiger partial charge on any atom is -0.273 e. The summed E-state index contributed by atoms with van der Waals surface area (Å²) in [6.07, 6.45) is 7.70. The molecular formula is C18H17FN4OS. The van der Waals surface area contributed by atoms with Crippen LogP contribution in [0.15, 0.2) is 53.8 Å². The fraction of sp³-hybridized carbons (Fsp3) is 0.278. The highest BCUT2D eigenvalue weighted by molar-refractivity contribution is 7.98. The Balaban J connectivity index is 1.81. The van der Waals surface area contributed by atoms with Crippen molar-refractivity contribution < 1.29 is 9.18 Å². The number of aromatic nitrogens is 2. The Morgan fingerprint density at radius 2 is 1.92 bits per heavy atom. The Kier molecular flexibility index (Phi) is 4.27. The van der Waals surface area contributed by atoms with Crippen LogP contribution in [-0.2, 0) is 4.79 Å². The molecule has 0 saturated carbocycles. The van der Waals surface area contributed by atoms with E-state index < -0.39 is 5.92 Å². The summed E-state index contributed by atoms with van der Waals surface area (Å²) in [5, 5.41) is 4.48. The highest BCUT2D eigenvalue weighted by atomic mass is 32.2. The number of carbonyl (C=O) groups excluding carboxylic acids is 1. The molecule has 2 unspecified atom stereocenters. The second-order valence-electron chi connectivity index (χ2n) is 5.96. The van der Waals surface area contributed by atoms with Crippen molar-refractivity contribution in [1.82, 2.24) is 20.0 Å². The third-order valence-corrected chi connectivity index (χ3v) is 5.14.